The minimum Gasteiger partial charge on any atom is -0.396 e. The minimum atomic E-state index is 0.00311. The Balaban J connectivity index is 2.16. The average molecular weight is 253 g/mol. The molecule has 0 saturated heterocycles. The SMILES string of the molecule is Cc1cc(C)n(CC(=O)NCCCCCCO)n1. The summed E-state index contributed by atoms with van der Waals surface area (Å²) in [6.45, 7) is 5.11. The molecular formula is C13H23N3O2. The van der Waals surface area contributed by atoms with Crippen molar-refractivity contribution in [2.45, 2.75) is 46.1 Å². The van der Waals surface area contributed by atoms with Crippen LogP contribution >= 0.6 is 0 Å². The van der Waals surface area contributed by atoms with Gasteiger partial charge in [0, 0.05) is 18.8 Å². The fourth-order valence-electron chi connectivity index (χ4n) is 1.85. The Bertz CT molecular complexity index is 374. The molecule has 1 rings (SSSR count). The standard InChI is InChI=1S/C13H23N3O2/c1-11-9-12(2)16(15-11)10-13(18)14-7-5-3-4-6-8-17/h9,17H,3-8,10H2,1-2H3,(H,14,18). The normalized spacial score (nSPS) is 10.6. The summed E-state index contributed by atoms with van der Waals surface area (Å²) in [6.07, 6.45) is 3.87. The molecule has 0 radical (unpaired) electrons. The zero-order valence-electron chi connectivity index (χ0n) is 11.3. The van der Waals surface area contributed by atoms with Crippen LogP contribution < -0.4 is 5.32 Å². The maximum Gasteiger partial charge on any atom is 0.241 e. The van der Waals surface area contributed by atoms with Crippen LogP contribution in [0.15, 0.2) is 6.07 Å². The van der Waals surface area contributed by atoms with Gasteiger partial charge in [-0.05, 0) is 32.8 Å². The Kier molecular flexibility index (Phi) is 6.43. The topological polar surface area (TPSA) is 67.2 Å². The summed E-state index contributed by atoms with van der Waals surface area (Å²) in [6, 6.07) is 1.96. The van der Waals surface area contributed by atoms with E-state index in [1.165, 1.54) is 0 Å². The van der Waals surface area contributed by atoms with Gasteiger partial charge >= 0.3 is 0 Å². The molecule has 102 valence electrons. The molecule has 0 saturated carbocycles. The van der Waals surface area contributed by atoms with Gasteiger partial charge in [-0.15, -0.1) is 0 Å². The van der Waals surface area contributed by atoms with Gasteiger partial charge in [-0.2, -0.15) is 5.10 Å². The molecule has 0 atom stereocenters. The maximum absolute atomic E-state index is 11.7. The summed E-state index contributed by atoms with van der Waals surface area (Å²) in [7, 11) is 0. The Hall–Kier alpha value is -1.36. The number of aryl methyl sites for hydroxylation is 2. The first-order valence-corrected chi connectivity index (χ1v) is 6.52. The van der Waals surface area contributed by atoms with Gasteiger partial charge in [-0.25, -0.2) is 0 Å². The summed E-state index contributed by atoms with van der Waals surface area (Å²) in [5.41, 5.74) is 1.94. The molecule has 0 bridgehead atoms. The van der Waals surface area contributed by atoms with Crippen molar-refractivity contribution in [2.75, 3.05) is 13.2 Å². The molecule has 2 N–H and O–H groups in total. The van der Waals surface area contributed by atoms with Crippen LogP contribution in [0.25, 0.3) is 0 Å². The zero-order chi connectivity index (χ0) is 13.4. The first kappa shape index (κ1) is 14.7. The molecule has 1 aromatic heterocycles. The zero-order valence-corrected chi connectivity index (χ0v) is 11.3. The van der Waals surface area contributed by atoms with Gasteiger partial charge in [0.2, 0.25) is 5.91 Å². The smallest absolute Gasteiger partial charge is 0.241 e. The lowest BCUT2D eigenvalue weighted by Gasteiger charge is -2.06. The van der Waals surface area contributed by atoms with E-state index in [1.807, 2.05) is 19.9 Å². The number of aliphatic hydroxyl groups is 1. The van der Waals surface area contributed by atoms with Gasteiger partial charge in [-0.1, -0.05) is 12.8 Å². The van der Waals surface area contributed by atoms with Gasteiger partial charge in [0.05, 0.1) is 5.69 Å². The van der Waals surface area contributed by atoms with Crippen LogP contribution in [0.1, 0.15) is 37.1 Å². The number of unbranched alkanes of at least 4 members (excludes halogenated alkanes) is 3. The van der Waals surface area contributed by atoms with Crippen LogP contribution in [0, 0.1) is 13.8 Å². The van der Waals surface area contributed by atoms with Crippen molar-refractivity contribution in [3.05, 3.63) is 17.5 Å². The van der Waals surface area contributed by atoms with E-state index < -0.39 is 0 Å². The van der Waals surface area contributed by atoms with Crippen LogP contribution in [0.5, 0.6) is 0 Å². The fraction of sp³-hybridized carbons (Fsp3) is 0.692. The number of amides is 1. The first-order valence-electron chi connectivity index (χ1n) is 6.52. The predicted octanol–water partition coefficient (Wildman–Crippen LogP) is 1.17. The second kappa shape index (κ2) is 7.87. The molecule has 0 aliphatic rings. The minimum absolute atomic E-state index is 0.00311. The van der Waals surface area contributed by atoms with E-state index in [0.717, 1.165) is 37.1 Å². The summed E-state index contributed by atoms with van der Waals surface area (Å²) in [4.78, 5) is 11.7. The van der Waals surface area contributed by atoms with Crippen LogP contribution in [0.2, 0.25) is 0 Å². The number of nitrogens with one attached hydrogen (secondary N) is 1. The molecule has 0 aromatic carbocycles. The van der Waals surface area contributed by atoms with Crippen LogP contribution in [-0.4, -0.2) is 33.9 Å². The molecule has 0 fully saturated rings. The molecule has 5 heteroatoms. The van der Waals surface area contributed by atoms with Crippen molar-refractivity contribution < 1.29 is 9.90 Å². The van der Waals surface area contributed by atoms with Crippen molar-refractivity contribution in [1.82, 2.24) is 15.1 Å². The molecule has 0 spiro atoms. The lowest BCUT2D eigenvalue weighted by Crippen LogP contribution is -2.29. The van der Waals surface area contributed by atoms with Crippen molar-refractivity contribution in [1.29, 1.82) is 0 Å². The van der Waals surface area contributed by atoms with E-state index in [1.54, 1.807) is 4.68 Å². The molecule has 0 aliphatic carbocycles. The highest BCUT2D eigenvalue weighted by Gasteiger charge is 2.06. The summed E-state index contributed by atoms with van der Waals surface area (Å²) in [5.74, 6) is 0.00311. The molecule has 1 amide bonds. The van der Waals surface area contributed by atoms with Gasteiger partial charge in [-0.3, -0.25) is 9.48 Å². The Labute approximate surface area is 108 Å². The van der Waals surface area contributed by atoms with E-state index >= 15 is 0 Å². The summed E-state index contributed by atoms with van der Waals surface area (Å²) in [5, 5.41) is 15.8. The van der Waals surface area contributed by atoms with E-state index in [9.17, 15) is 4.79 Å². The van der Waals surface area contributed by atoms with Gasteiger partial charge in [0.15, 0.2) is 0 Å². The highest BCUT2D eigenvalue weighted by atomic mass is 16.2. The molecule has 0 aliphatic heterocycles. The first-order chi connectivity index (χ1) is 8.63. The lowest BCUT2D eigenvalue weighted by molar-refractivity contribution is -0.121. The molecule has 1 heterocycles. The number of rotatable bonds is 8. The summed E-state index contributed by atoms with van der Waals surface area (Å²) < 4.78 is 1.72. The number of aliphatic hydroxyl groups excluding tert-OH is 1. The second-order valence-corrected chi connectivity index (χ2v) is 4.57. The molecule has 5 nitrogen and oxygen atoms in total. The number of aromatic nitrogens is 2. The third-order valence-corrected chi connectivity index (χ3v) is 2.80. The van der Waals surface area contributed by atoms with Gasteiger partial charge in [0.1, 0.15) is 6.54 Å². The highest BCUT2D eigenvalue weighted by molar-refractivity contribution is 5.75. The van der Waals surface area contributed by atoms with E-state index in [4.69, 9.17) is 5.11 Å². The van der Waals surface area contributed by atoms with Crippen LogP contribution in [0.4, 0.5) is 0 Å². The molecular weight excluding hydrogens is 230 g/mol. The van der Waals surface area contributed by atoms with Gasteiger partial charge in [0.25, 0.3) is 0 Å². The maximum atomic E-state index is 11.7. The van der Waals surface area contributed by atoms with Gasteiger partial charge < -0.3 is 10.4 Å². The number of carbonyl (C=O) groups excluding carboxylic acids is 1. The fourth-order valence-corrected chi connectivity index (χ4v) is 1.85. The number of carbonyl (C=O) groups is 1. The Morgan fingerprint density at radius 2 is 2.06 bits per heavy atom. The third kappa shape index (κ3) is 5.31. The lowest BCUT2D eigenvalue weighted by atomic mass is 10.2. The van der Waals surface area contributed by atoms with Crippen molar-refractivity contribution >= 4 is 5.91 Å². The summed E-state index contributed by atoms with van der Waals surface area (Å²) >= 11 is 0. The quantitative estimate of drug-likeness (QED) is 0.683. The molecule has 0 unspecified atom stereocenters. The van der Waals surface area contributed by atoms with Crippen LogP contribution in [-0.2, 0) is 11.3 Å². The predicted molar refractivity (Wildman–Crippen MR) is 70.3 cm³/mol. The van der Waals surface area contributed by atoms with E-state index in [2.05, 4.69) is 10.4 Å². The monoisotopic (exact) mass is 253 g/mol. The Morgan fingerprint density at radius 1 is 1.33 bits per heavy atom. The number of nitrogens with zero attached hydrogens (tertiary/aromatic N) is 2. The average Bonchev–Trinajstić information content (AvgIpc) is 2.62. The number of hydrogen-bond donors (Lipinski definition) is 2. The van der Waals surface area contributed by atoms with Crippen LogP contribution in [0.3, 0.4) is 0 Å². The molecule has 18 heavy (non-hydrogen) atoms. The molecule has 1 aromatic rings. The third-order valence-electron chi connectivity index (χ3n) is 2.80. The van der Waals surface area contributed by atoms with Crippen molar-refractivity contribution in [2.24, 2.45) is 0 Å². The Morgan fingerprint density at radius 3 is 2.67 bits per heavy atom. The van der Waals surface area contributed by atoms with E-state index in [0.29, 0.717) is 6.54 Å². The largest absolute Gasteiger partial charge is 0.396 e. The second-order valence-electron chi connectivity index (χ2n) is 4.57. The number of hydrogen-bond acceptors (Lipinski definition) is 3. The highest BCUT2D eigenvalue weighted by Crippen LogP contribution is 2.01. The van der Waals surface area contributed by atoms with Crippen molar-refractivity contribution in [3.8, 4) is 0 Å². The van der Waals surface area contributed by atoms with E-state index in [-0.39, 0.29) is 19.1 Å². The van der Waals surface area contributed by atoms with Crippen molar-refractivity contribution in [3.63, 3.8) is 0 Å².